The number of carbonyl (C=O) groups excluding carboxylic acids is 1. The van der Waals surface area contributed by atoms with Gasteiger partial charge >= 0.3 is 0 Å². The summed E-state index contributed by atoms with van der Waals surface area (Å²) in [5.41, 5.74) is 0.239. The maximum atomic E-state index is 11.9. The van der Waals surface area contributed by atoms with Crippen molar-refractivity contribution in [1.82, 2.24) is 15.5 Å². The Kier molecular flexibility index (Phi) is 4.05. The van der Waals surface area contributed by atoms with Crippen LogP contribution in [0.4, 0.5) is 0 Å². The van der Waals surface area contributed by atoms with Gasteiger partial charge in [0.15, 0.2) is 0 Å². The molecule has 1 heterocycles. The molecule has 98 valence electrons. The summed E-state index contributed by atoms with van der Waals surface area (Å²) in [4.78, 5) is 14.3. The average molecular weight is 239 g/mol. The predicted molar refractivity (Wildman–Crippen MR) is 68.9 cm³/mol. The van der Waals surface area contributed by atoms with Gasteiger partial charge in [0, 0.05) is 32.2 Å². The van der Waals surface area contributed by atoms with Crippen LogP contribution in [0.25, 0.3) is 0 Å². The van der Waals surface area contributed by atoms with Gasteiger partial charge in [-0.1, -0.05) is 19.3 Å². The van der Waals surface area contributed by atoms with Crippen molar-refractivity contribution in [1.29, 1.82) is 0 Å². The summed E-state index contributed by atoms with van der Waals surface area (Å²) in [6.07, 6.45) is 6.43. The molecule has 0 aromatic rings. The van der Waals surface area contributed by atoms with Crippen LogP contribution in [0.15, 0.2) is 0 Å². The van der Waals surface area contributed by atoms with Crippen molar-refractivity contribution in [3.05, 3.63) is 0 Å². The van der Waals surface area contributed by atoms with E-state index < -0.39 is 0 Å². The summed E-state index contributed by atoms with van der Waals surface area (Å²) in [5.74, 6) is 0.150. The van der Waals surface area contributed by atoms with Crippen molar-refractivity contribution in [3.8, 4) is 0 Å². The molecule has 1 atom stereocenters. The van der Waals surface area contributed by atoms with Gasteiger partial charge < -0.3 is 10.6 Å². The molecule has 1 saturated carbocycles. The third kappa shape index (κ3) is 2.47. The van der Waals surface area contributed by atoms with Gasteiger partial charge in [-0.25, -0.2) is 0 Å². The number of hydrogen-bond acceptors (Lipinski definition) is 3. The number of likely N-dealkylation sites (N-methyl/N-ethyl adjacent to an activating group) is 1. The Balaban J connectivity index is 2.13. The van der Waals surface area contributed by atoms with Crippen LogP contribution in [0, 0.1) is 0 Å². The summed E-state index contributed by atoms with van der Waals surface area (Å²) in [6, 6.07) is 0.000185. The van der Waals surface area contributed by atoms with E-state index in [4.69, 9.17) is 0 Å². The number of carbonyl (C=O) groups is 1. The second kappa shape index (κ2) is 5.36. The van der Waals surface area contributed by atoms with Crippen molar-refractivity contribution < 1.29 is 4.79 Å². The van der Waals surface area contributed by atoms with Gasteiger partial charge in [-0.2, -0.15) is 0 Å². The Bertz CT molecular complexity index is 266. The second-order valence-electron chi connectivity index (χ2n) is 5.45. The molecule has 0 aromatic carbocycles. The molecule has 1 aliphatic carbocycles. The van der Waals surface area contributed by atoms with Crippen LogP contribution >= 0.6 is 0 Å². The molecular weight excluding hydrogens is 214 g/mol. The van der Waals surface area contributed by atoms with Crippen LogP contribution in [0.1, 0.15) is 39.0 Å². The quantitative estimate of drug-likeness (QED) is 0.746. The molecule has 1 spiro atoms. The second-order valence-corrected chi connectivity index (χ2v) is 5.45. The fraction of sp³-hybridized carbons (Fsp3) is 0.923. The lowest BCUT2D eigenvalue weighted by atomic mass is 9.78. The molecule has 2 aliphatic rings. The fourth-order valence-electron chi connectivity index (χ4n) is 3.49. The maximum absolute atomic E-state index is 11.9. The summed E-state index contributed by atoms with van der Waals surface area (Å²) in [6.45, 7) is 5.09. The molecule has 0 aromatic heterocycles. The molecule has 1 aliphatic heterocycles. The van der Waals surface area contributed by atoms with E-state index in [0.717, 1.165) is 19.6 Å². The minimum absolute atomic E-state index is 0.000185. The van der Waals surface area contributed by atoms with E-state index in [1.165, 1.54) is 32.1 Å². The maximum Gasteiger partial charge on any atom is 0.236 e. The standard InChI is InChI=1S/C13H25N3O/c1-11(12(17)14-2)16-9-8-15-10-13(16)6-4-3-5-7-13/h11,15H,3-10H2,1-2H3,(H,14,17). The first-order valence-electron chi connectivity index (χ1n) is 6.89. The molecule has 17 heavy (non-hydrogen) atoms. The van der Waals surface area contributed by atoms with Gasteiger partial charge in [0.1, 0.15) is 0 Å². The van der Waals surface area contributed by atoms with Crippen LogP contribution < -0.4 is 10.6 Å². The molecule has 4 nitrogen and oxygen atoms in total. The predicted octanol–water partition coefficient (Wildman–Crippen LogP) is 0.729. The van der Waals surface area contributed by atoms with Crippen molar-refractivity contribution in [2.75, 3.05) is 26.7 Å². The summed E-state index contributed by atoms with van der Waals surface area (Å²) < 4.78 is 0. The summed E-state index contributed by atoms with van der Waals surface area (Å²) in [5, 5.41) is 6.30. The highest BCUT2D eigenvalue weighted by Crippen LogP contribution is 2.35. The van der Waals surface area contributed by atoms with Gasteiger partial charge in [0.2, 0.25) is 5.91 Å². The first kappa shape index (κ1) is 12.8. The molecule has 0 radical (unpaired) electrons. The summed E-state index contributed by atoms with van der Waals surface area (Å²) >= 11 is 0. The fourth-order valence-corrected chi connectivity index (χ4v) is 3.49. The molecule has 1 saturated heterocycles. The molecule has 2 N–H and O–H groups in total. The number of piperazine rings is 1. The Morgan fingerprint density at radius 1 is 1.35 bits per heavy atom. The zero-order valence-corrected chi connectivity index (χ0v) is 11.1. The van der Waals surface area contributed by atoms with Crippen molar-refractivity contribution in [3.63, 3.8) is 0 Å². The van der Waals surface area contributed by atoms with E-state index in [-0.39, 0.29) is 17.5 Å². The highest BCUT2D eigenvalue weighted by molar-refractivity contribution is 5.81. The largest absolute Gasteiger partial charge is 0.358 e. The smallest absolute Gasteiger partial charge is 0.236 e. The number of amides is 1. The molecular formula is C13H25N3O. The Morgan fingerprint density at radius 3 is 2.71 bits per heavy atom. The molecule has 4 heteroatoms. The topological polar surface area (TPSA) is 44.4 Å². The van der Waals surface area contributed by atoms with Crippen LogP contribution in [-0.4, -0.2) is 49.1 Å². The minimum Gasteiger partial charge on any atom is -0.358 e. The van der Waals surface area contributed by atoms with Gasteiger partial charge in [0.05, 0.1) is 6.04 Å². The van der Waals surface area contributed by atoms with E-state index >= 15 is 0 Å². The van der Waals surface area contributed by atoms with Crippen LogP contribution in [-0.2, 0) is 4.79 Å². The monoisotopic (exact) mass is 239 g/mol. The van der Waals surface area contributed by atoms with E-state index in [9.17, 15) is 4.79 Å². The lowest BCUT2D eigenvalue weighted by Crippen LogP contribution is -2.66. The van der Waals surface area contributed by atoms with Gasteiger partial charge in [-0.05, 0) is 19.8 Å². The lowest BCUT2D eigenvalue weighted by Gasteiger charge is -2.51. The van der Waals surface area contributed by atoms with Crippen molar-refractivity contribution >= 4 is 5.91 Å². The van der Waals surface area contributed by atoms with E-state index in [0.29, 0.717) is 0 Å². The molecule has 1 unspecified atom stereocenters. The van der Waals surface area contributed by atoms with Crippen LogP contribution in [0.3, 0.4) is 0 Å². The van der Waals surface area contributed by atoms with E-state index in [2.05, 4.69) is 15.5 Å². The normalized spacial score (nSPS) is 26.7. The number of hydrogen-bond donors (Lipinski definition) is 2. The number of nitrogens with one attached hydrogen (secondary N) is 2. The highest BCUT2D eigenvalue weighted by atomic mass is 16.2. The van der Waals surface area contributed by atoms with Gasteiger partial charge in [0.25, 0.3) is 0 Å². The Morgan fingerprint density at radius 2 is 2.06 bits per heavy atom. The number of rotatable bonds is 2. The summed E-state index contributed by atoms with van der Waals surface area (Å²) in [7, 11) is 1.73. The van der Waals surface area contributed by atoms with Gasteiger partial charge in [-0.3, -0.25) is 9.69 Å². The van der Waals surface area contributed by atoms with Crippen molar-refractivity contribution in [2.24, 2.45) is 0 Å². The molecule has 1 amide bonds. The minimum atomic E-state index is 0.000185. The van der Waals surface area contributed by atoms with E-state index in [1.807, 2.05) is 6.92 Å². The highest BCUT2D eigenvalue weighted by Gasteiger charge is 2.43. The first-order valence-corrected chi connectivity index (χ1v) is 6.89. The SMILES string of the molecule is CNC(=O)C(C)N1CCNCC12CCCCC2. The molecule has 2 rings (SSSR count). The number of nitrogens with zero attached hydrogens (tertiary/aromatic N) is 1. The Hall–Kier alpha value is -0.610. The van der Waals surface area contributed by atoms with Crippen LogP contribution in [0.5, 0.6) is 0 Å². The zero-order chi connectivity index (χ0) is 12.3. The third-order valence-corrected chi connectivity index (χ3v) is 4.47. The first-order chi connectivity index (χ1) is 8.19. The third-order valence-electron chi connectivity index (χ3n) is 4.47. The molecule has 0 bridgehead atoms. The lowest BCUT2D eigenvalue weighted by molar-refractivity contribution is -0.129. The van der Waals surface area contributed by atoms with Crippen molar-refractivity contribution in [2.45, 2.75) is 50.6 Å². The van der Waals surface area contributed by atoms with Gasteiger partial charge in [-0.15, -0.1) is 0 Å². The van der Waals surface area contributed by atoms with E-state index in [1.54, 1.807) is 7.05 Å². The Labute approximate surface area is 104 Å². The zero-order valence-electron chi connectivity index (χ0n) is 11.1. The van der Waals surface area contributed by atoms with Crippen LogP contribution in [0.2, 0.25) is 0 Å². The molecule has 2 fully saturated rings. The average Bonchev–Trinajstić information content (AvgIpc) is 2.38.